The highest BCUT2D eigenvalue weighted by molar-refractivity contribution is 6.18. The minimum absolute atomic E-state index is 0.138. The molecule has 3 nitrogen and oxygen atoms in total. The van der Waals surface area contributed by atoms with Crippen LogP contribution in [0.4, 0.5) is 4.79 Å². The van der Waals surface area contributed by atoms with Crippen LogP contribution >= 0.6 is 11.6 Å². The van der Waals surface area contributed by atoms with Crippen LogP contribution in [0, 0.1) is 0 Å². The fourth-order valence-corrected chi connectivity index (χ4v) is 2.22. The molecule has 0 bridgehead atoms. The average Bonchev–Trinajstić information content (AvgIpc) is 2.39. The first-order valence-corrected chi connectivity index (χ1v) is 6.53. The van der Waals surface area contributed by atoms with Gasteiger partial charge in [0.2, 0.25) is 0 Å². The molecule has 0 aromatic rings. The first-order chi connectivity index (χ1) is 7.44. The van der Waals surface area contributed by atoms with Crippen molar-refractivity contribution < 1.29 is 9.53 Å². The molecule has 1 saturated heterocycles. The van der Waals surface area contributed by atoms with Crippen molar-refractivity contribution in [3.05, 3.63) is 0 Å². The summed E-state index contributed by atoms with van der Waals surface area (Å²) in [4.78, 5) is 13.8. The zero-order valence-corrected chi connectivity index (χ0v) is 11.2. The number of carbonyl (C=O) groups is 1. The third-order valence-corrected chi connectivity index (χ3v) is 3.04. The minimum atomic E-state index is -0.430. The largest absolute Gasteiger partial charge is 0.444 e. The molecule has 0 spiro atoms. The lowest BCUT2D eigenvalue weighted by molar-refractivity contribution is 0.0185. The highest BCUT2D eigenvalue weighted by Gasteiger charge is 2.28. The van der Waals surface area contributed by atoms with E-state index in [9.17, 15) is 4.79 Å². The first kappa shape index (κ1) is 13.6. The Labute approximate surface area is 103 Å². The predicted molar refractivity (Wildman–Crippen MR) is 65.9 cm³/mol. The summed E-state index contributed by atoms with van der Waals surface area (Å²) in [7, 11) is 0. The highest BCUT2D eigenvalue weighted by Crippen LogP contribution is 2.20. The summed E-state index contributed by atoms with van der Waals surface area (Å²) in [6.07, 6.45) is 4.14. The number of hydrogen-bond acceptors (Lipinski definition) is 2. The summed E-state index contributed by atoms with van der Waals surface area (Å²) in [5.74, 6) is 0.499. The number of likely N-dealkylation sites (tertiary alicyclic amines) is 1. The lowest BCUT2D eigenvalue weighted by atomic mass is 10.1. The Morgan fingerprint density at radius 1 is 1.38 bits per heavy atom. The van der Waals surface area contributed by atoms with Crippen LogP contribution < -0.4 is 0 Å². The van der Waals surface area contributed by atoms with E-state index in [2.05, 4.69) is 0 Å². The number of halogens is 1. The molecule has 0 aromatic heterocycles. The Morgan fingerprint density at radius 3 is 2.62 bits per heavy atom. The second-order valence-electron chi connectivity index (χ2n) is 5.33. The van der Waals surface area contributed by atoms with Crippen molar-refractivity contribution in [1.29, 1.82) is 0 Å². The maximum Gasteiger partial charge on any atom is 0.410 e. The van der Waals surface area contributed by atoms with Gasteiger partial charge in [-0.3, -0.25) is 0 Å². The molecule has 1 rings (SSSR count). The van der Waals surface area contributed by atoms with Gasteiger partial charge in [0.25, 0.3) is 0 Å². The fraction of sp³-hybridized carbons (Fsp3) is 0.917. The zero-order valence-electron chi connectivity index (χ0n) is 10.5. The summed E-state index contributed by atoms with van der Waals surface area (Å²) < 4.78 is 5.39. The van der Waals surface area contributed by atoms with E-state index < -0.39 is 5.60 Å². The molecule has 1 fully saturated rings. The van der Waals surface area contributed by atoms with Gasteiger partial charge in [0.1, 0.15) is 5.60 Å². The van der Waals surface area contributed by atoms with E-state index in [1.165, 1.54) is 6.42 Å². The number of rotatable bonds is 1. The van der Waals surface area contributed by atoms with E-state index in [0.717, 1.165) is 25.8 Å². The normalized spacial score (nSPS) is 22.8. The van der Waals surface area contributed by atoms with E-state index in [1.807, 2.05) is 20.8 Å². The third-order valence-electron chi connectivity index (χ3n) is 2.68. The Bertz CT molecular complexity index is 238. The van der Waals surface area contributed by atoms with Gasteiger partial charge in [-0.25, -0.2) is 4.79 Å². The fourth-order valence-electron chi connectivity index (χ4n) is 1.90. The number of carbonyl (C=O) groups excluding carboxylic acids is 1. The minimum Gasteiger partial charge on any atom is -0.444 e. The molecule has 0 N–H and O–H groups in total. The van der Waals surface area contributed by atoms with Gasteiger partial charge in [-0.1, -0.05) is 12.8 Å². The van der Waals surface area contributed by atoms with Gasteiger partial charge in [0.15, 0.2) is 0 Å². The first-order valence-electron chi connectivity index (χ1n) is 5.99. The van der Waals surface area contributed by atoms with Crippen LogP contribution in [-0.4, -0.2) is 35.1 Å². The zero-order chi connectivity index (χ0) is 12.2. The van der Waals surface area contributed by atoms with Crippen molar-refractivity contribution in [2.24, 2.45) is 0 Å². The van der Waals surface area contributed by atoms with E-state index >= 15 is 0 Å². The van der Waals surface area contributed by atoms with Crippen molar-refractivity contribution in [1.82, 2.24) is 4.90 Å². The quantitative estimate of drug-likeness (QED) is 0.665. The molecular formula is C12H22ClNO2. The second kappa shape index (κ2) is 5.76. The predicted octanol–water partition coefficient (Wildman–Crippen LogP) is 3.40. The van der Waals surface area contributed by atoms with Crippen LogP contribution in [0.2, 0.25) is 0 Å². The van der Waals surface area contributed by atoms with Gasteiger partial charge in [-0.15, -0.1) is 11.6 Å². The molecule has 94 valence electrons. The topological polar surface area (TPSA) is 29.5 Å². The van der Waals surface area contributed by atoms with Gasteiger partial charge in [0, 0.05) is 18.5 Å². The summed E-state index contributed by atoms with van der Waals surface area (Å²) in [6, 6.07) is 0.138. The average molecular weight is 248 g/mol. The van der Waals surface area contributed by atoms with Crippen LogP contribution in [0.5, 0.6) is 0 Å². The van der Waals surface area contributed by atoms with Gasteiger partial charge < -0.3 is 9.64 Å². The highest BCUT2D eigenvalue weighted by atomic mass is 35.5. The monoisotopic (exact) mass is 247 g/mol. The SMILES string of the molecule is CC(C)(C)OC(=O)N1CCCCCC1CCl. The molecule has 1 amide bonds. The van der Waals surface area contributed by atoms with Crippen molar-refractivity contribution in [2.45, 2.75) is 58.1 Å². The Balaban J connectivity index is 2.63. The number of alkyl halides is 1. The lowest BCUT2D eigenvalue weighted by Crippen LogP contribution is -2.44. The number of amides is 1. The Morgan fingerprint density at radius 2 is 2.06 bits per heavy atom. The Hall–Kier alpha value is -0.440. The van der Waals surface area contributed by atoms with Gasteiger partial charge in [-0.05, 0) is 33.6 Å². The van der Waals surface area contributed by atoms with Crippen molar-refractivity contribution >= 4 is 17.7 Å². The molecule has 1 atom stereocenters. The summed E-state index contributed by atoms with van der Waals surface area (Å²) in [5.41, 5.74) is -0.430. The van der Waals surface area contributed by atoms with Crippen LogP contribution in [0.15, 0.2) is 0 Å². The summed E-state index contributed by atoms with van der Waals surface area (Å²) in [5, 5.41) is 0. The van der Waals surface area contributed by atoms with Gasteiger partial charge >= 0.3 is 6.09 Å². The molecule has 0 radical (unpaired) electrons. The molecule has 1 aliphatic heterocycles. The van der Waals surface area contributed by atoms with Crippen LogP contribution in [0.25, 0.3) is 0 Å². The lowest BCUT2D eigenvalue weighted by Gasteiger charge is -2.31. The second-order valence-corrected chi connectivity index (χ2v) is 5.64. The molecule has 16 heavy (non-hydrogen) atoms. The van der Waals surface area contributed by atoms with E-state index in [0.29, 0.717) is 5.88 Å². The van der Waals surface area contributed by atoms with E-state index in [4.69, 9.17) is 16.3 Å². The van der Waals surface area contributed by atoms with Crippen LogP contribution in [0.3, 0.4) is 0 Å². The maximum absolute atomic E-state index is 12.0. The molecule has 1 unspecified atom stereocenters. The van der Waals surface area contributed by atoms with Crippen molar-refractivity contribution in [3.63, 3.8) is 0 Å². The summed E-state index contributed by atoms with van der Waals surface area (Å²) >= 11 is 5.91. The van der Waals surface area contributed by atoms with Crippen LogP contribution in [-0.2, 0) is 4.74 Å². The number of ether oxygens (including phenoxy) is 1. The maximum atomic E-state index is 12.0. The van der Waals surface area contributed by atoms with Gasteiger partial charge in [0.05, 0.1) is 0 Å². The summed E-state index contributed by atoms with van der Waals surface area (Å²) in [6.45, 7) is 6.43. The smallest absolute Gasteiger partial charge is 0.410 e. The molecule has 0 aromatic carbocycles. The van der Waals surface area contributed by atoms with Gasteiger partial charge in [-0.2, -0.15) is 0 Å². The Kier molecular flexibility index (Phi) is 4.90. The van der Waals surface area contributed by atoms with Crippen molar-refractivity contribution in [3.8, 4) is 0 Å². The van der Waals surface area contributed by atoms with E-state index in [1.54, 1.807) is 4.90 Å². The van der Waals surface area contributed by atoms with Crippen molar-refractivity contribution in [2.75, 3.05) is 12.4 Å². The number of hydrogen-bond donors (Lipinski definition) is 0. The molecule has 1 aliphatic rings. The molecule has 1 heterocycles. The molecule has 0 aliphatic carbocycles. The van der Waals surface area contributed by atoms with Crippen LogP contribution in [0.1, 0.15) is 46.5 Å². The molecule has 4 heteroatoms. The number of nitrogens with zero attached hydrogens (tertiary/aromatic N) is 1. The van der Waals surface area contributed by atoms with E-state index in [-0.39, 0.29) is 12.1 Å². The standard InChI is InChI=1S/C12H22ClNO2/c1-12(2,3)16-11(15)14-8-6-4-5-7-10(14)9-13/h10H,4-9H2,1-3H3. The molecular weight excluding hydrogens is 226 g/mol. The molecule has 0 saturated carbocycles. The third kappa shape index (κ3) is 4.20.